The van der Waals surface area contributed by atoms with Gasteiger partial charge in [0.15, 0.2) is 6.61 Å². The maximum atomic E-state index is 12.5. The molecule has 0 spiro atoms. The van der Waals surface area contributed by atoms with Crippen molar-refractivity contribution in [1.29, 1.82) is 0 Å². The second kappa shape index (κ2) is 7.87. The third-order valence-electron chi connectivity index (χ3n) is 4.20. The first-order chi connectivity index (χ1) is 13.0. The Morgan fingerprint density at radius 3 is 2.32 bits per heavy atom. The van der Waals surface area contributed by atoms with Crippen LogP contribution in [0.25, 0.3) is 0 Å². The minimum absolute atomic E-state index is 0.0851. The van der Waals surface area contributed by atoms with Crippen LogP contribution >= 0.6 is 0 Å². The molecule has 1 aromatic carbocycles. The van der Waals surface area contributed by atoms with E-state index in [0.29, 0.717) is 11.3 Å². The Morgan fingerprint density at radius 1 is 1.21 bits per heavy atom. The topological polar surface area (TPSA) is 105 Å². The van der Waals surface area contributed by atoms with Crippen LogP contribution < -0.4 is 10.6 Å². The molecule has 0 aliphatic carbocycles. The maximum Gasteiger partial charge on any atom is 0.416 e. The van der Waals surface area contributed by atoms with Crippen LogP contribution in [-0.2, 0) is 25.3 Å². The summed E-state index contributed by atoms with van der Waals surface area (Å²) in [5, 5.41) is 4.73. The summed E-state index contributed by atoms with van der Waals surface area (Å²) in [7, 11) is 0. The maximum absolute atomic E-state index is 12.5. The molecular weight excluding hydrogens is 383 g/mol. The van der Waals surface area contributed by atoms with E-state index in [-0.39, 0.29) is 5.69 Å². The summed E-state index contributed by atoms with van der Waals surface area (Å²) in [5.74, 6) is -2.35. The first kappa shape index (κ1) is 21.2. The van der Waals surface area contributed by atoms with Crippen LogP contribution in [0.3, 0.4) is 0 Å². The number of carbonyl (C=O) groups is 4. The molecule has 0 bridgehead atoms. The largest absolute Gasteiger partial charge is 0.454 e. The average molecular weight is 401 g/mol. The quantitative estimate of drug-likeness (QED) is 0.560. The van der Waals surface area contributed by atoms with E-state index >= 15 is 0 Å². The van der Waals surface area contributed by atoms with E-state index in [9.17, 15) is 32.3 Å². The second-order valence-electron chi connectivity index (χ2n) is 6.29. The number of nitrogens with zero attached hydrogens (tertiary/aromatic N) is 1. The lowest BCUT2D eigenvalue weighted by Gasteiger charge is -2.18. The van der Waals surface area contributed by atoms with Gasteiger partial charge in [0.05, 0.1) is 5.56 Å². The molecule has 0 unspecified atom stereocenters. The fourth-order valence-corrected chi connectivity index (χ4v) is 2.39. The molecule has 1 heterocycles. The number of nitrogens with one attached hydrogen (secondary N) is 2. The van der Waals surface area contributed by atoms with Gasteiger partial charge in [-0.25, -0.2) is 4.79 Å². The van der Waals surface area contributed by atoms with Crippen LogP contribution in [0.5, 0.6) is 0 Å². The van der Waals surface area contributed by atoms with Crippen LogP contribution in [0.1, 0.15) is 25.8 Å². The highest BCUT2D eigenvalue weighted by atomic mass is 19.4. The Balaban J connectivity index is 1.83. The summed E-state index contributed by atoms with van der Waals surface area (Å²) in [6.07, 6.45) is -4.16. The molecule has 28 heavy (non-hydrogen) atoms. The van der Waals surface area contributed by atoms with Crippen molar-refractivity contribution in [2.24, 2.45) is 0 Å². The van der Waals surface area contributed by atoms with Crippen LogP contribution in [0.15, 0.2) is 24.3 Å². The molecule has 2 rings (SSSR count). The number of halogens is 3. The van der Waals surface area contributed by atoms with Crippen molar-refractivity contribution >= 4 is 29.5 Å². The van der Waals surface area contributed by atoms with Gasteiger partial charge in [-0.1, -0.05) is 6.92 Å². The van der Waals surface area contributed by atoms with Crippen LogP contribution in [0.2, 0.25) is 0 Å². The monoisotopic (exact) mass is 401 g/mol. The lowest BCUT2D eigenvalue weighted by Crippen LogP contribution is -2.43. The highest BCUT2D eigenvalue weighted by Gasteiger charge is 2.47. The van der Waals surface area contributed by atoms with Crippen LogP contribution in [-0.4, -0.2) is 47.4 Å². The lowest BCUT2D eigenvalue weighted by atomic mass is 9.99. The van der Waals surface area contributed by atoms with E-state index in [1.807, 2.05) is 0 Å². The average Bonchev–Trinajstić information content (AvgIpc) is 2.83. The van der Waals surface area contributed by atoms with Crippen LogP contribution in [0.4, 0.5) is 23.7 Å². The standard InChI is InChI=1S/C17H18F3N3O5/c1-3-16(2)14(26)23(15(27)22-16)8-13(25)28-9-12(24)21-11-6-4-10(5-7-11)17(18,19)20/h4-7H,3,8-9H2,1-2H3,(H,21,24)(H,22,27)/t16-/m0/s1. The minimum atomic E-state index is -4.49. The van der Waals surface area contributed by atoms with Gasteiger partial charge in [-0.05, 0) is 37.6 Å². The highest BCUT2D eigenvalue weighted by Crippen LogP contribution is 2.29. The summed E-state index contributed by atoms with van der Waals surface area (Å²) in [5.41, 5.74) is -1.89. The third kappa shape index (κ3) is 4.78. The van der Waals surface area contributed by atoms with Gasteiger partial charge in [0, 0.05) is 5.69 Å². The van der Waals surface area contributed by atoms with Crippen molar-refractivity contribution in [3.05, 3.63) is 29.8 Å². The molecular formula is C17H18F3N3O5. The summed E-state index contributed by atoms with van der Waals surface area (Å²) < 4.78 is 42.2. The van der Waals surface area contributed by atoms with Crippen molar-refractivity contribution in [3.8, 4) is 0 Å². The third-order valence-corrected chi connectivity index (χ3v) is 4.20. The van der Waals surface area contributed by atoms with Crippen molar-refractivity contribution in [3.63, 3.8) is 0 Å². The predicted octanol–water partition coefficient (Wildman–Crippen LogP) is 1.91. The van der Waals surface area contributed by atoms with Gasteiger partial charge in [-0.15, -0.1) is 0 Å². The highest BCUT2D eigenvalue weighted by molar-refractivity contribution is 6.08. The van der Waals surface area contributed by atoms with Crippen molar-refractivity contribution in [1.82, 2.24) is 10.2 Å². The molecule has 1 aromatic rings. The molecule has 1 atom stereocenters. The molecule has 8 nitrogen and oxygen atoms in total. The lowest BCUT2D eigenvalue weighted by molar-refractivity contribution is -0.150. The number of benzene rings is 1. The first-order valence-electron chi connectivity index (χ1n) is 8.23. The Bertz CT molecular complexity index is 794. The molecule has 1 aliphatic heterocycles. The minimum Gasteiger partial charge on any atom is -0.454 e. The molecule has 2 N–H and O–H groups in total. The normalized spacial score (nSPS) is 19.4. The summed E-state index contributed by atoms with van der Waals surface area (Å²) >= 11 is 0. The number of carbonyl (C=O) groups excluding carboxylic acids is 4. The molecule has 0 saturated carbocycles. The Hall–Kier alpha value is -3.11. The van der Waals surface area contributed by atoms with Crippen molar-refractivity contribution in [2.75, 3.05) is 18.5 Å². The Morgan fingerprint density at radius 2 is 1.82 bits per heavy atom. The van der Waals surface area contributed by atoms with Gasteiger partial charge < -0.3 is 15.4 Å². The summed E-state index contributed by atoms with van der Waals surface area (Å²) in [4.78, 5) is 48.2. The van der Waals surface area contributed by atoms with Crippen LogP contribution in [0, 0.1) is 0 Å². The molecule has 1 saturated heterocycles. The molecule has 0 radical (unpaired) electrons. The van der Waals surface area contributed by atoms with Gasteiger partial charge in [0.25, 0.3) is 11.8 Å². The number of urea groups is 1. The predicted molar refractivity (Wildman–Crippen MR) is 90.0 cm³/mol. The number of ether oxygens (including phenoxy) is 1. The number of hydrogen-bond donors (Lipinski definition) is 2. The molecule has 1 fully saturated rings. The fraction of sp³-hybridized carbons (Fsp3) is 0.412. The van der Waals surface area contributed by atoms with E-state index in [1.54, 1.807) is 6.92 Å². The van der Waals surface area contributed by atoms with Gasteiger partial charge in [0.2, 0.25) is 0 Å². The fourth-order valence-electron chi connectivity index (χ4n) is 2.39. The number of imide groups is 1. The van der Waals surface area contributed by atoms with E-state index < -0.39 is 54.2 Å². The molecule has 1 aliphatic rings. The number of hydrogen-bond acceptors (Lipinski definition) is 5. The number of amides is 4. The smallest absolute Gasteiger partial charge is 0.416 e. The van der Waals surface area contributed by atoms with Crippen molar-refractivity contribution < 1.29 is 37.1 Å². The van der Waals surface area contributed by atoms with E-state index in [0.717, 1.165) is 24.3 Å². The van der Waals surface area contributed by atoms with Gasteiger partial charge >= 0.3 is 18.2 Å². The first-order valence-corrected chi connectivity index (χ1v) is 8.23. The number of rotatable bonds is 6. The summed E-state index contributed by atoms with van der Waals surface area (Å²) in [6.45, 7) is 1.84. The summed E-state index contributed by atoms with van der Waals surface area (Å²) in [6, 6.07) is 2.97. The van der Waals surface area contributed by atoms with E-state index in [2.05, 4.69) is 10.6 Å². The van der Waals surface area contributed by atoms with Gasteiger partial charge in [0.1, 0.15) is 12.1 Å². The zero-order valence-corrected chi connectivity index (χ0v) is 15.1. The molecule has 0 aromatic heterocycles. The number of esters is 1. The van der Waals surface area contributed by atoms with E-state index in [1.165, 1.54) is 6.92 Å². The van der Waals surface area contributed by atoms with Crippen molar-refractivity contribution in [2.45, 2.75) is 32.0 Å². The molecule has 4 amide bonds. The molecule has 11 heteroatoms. The van der Waals surface area contributed by atoms with Gasteiger partial charge in [-0.3, -0.25) is 19.3 Å². The Kier molecular flexibility index (Phi) is 5.95. The zero-order chi connectivity index (χ0) is 21.1. The Labute approximate surface area is 158 Å². The number of anilines is 1. The number of alkyl halides is 3. The van der Waals surface area contributed by atoms with E-state index in [4.69, 9.17) is 4.74 Å². The SMILES string of the molecule is CC[C@]1(C)NC(=O)N(CC(=O)OCC(=O)Nc2ccc(C(F)(F)F)cc2)C1=O. The second-order valence-corrected chi connectivity index (χ2v) is 6.29. The van der Waals surface area contributed by atoms with Gasteiger partial charge in [-0.2, -0.15) is 13.2 Å². The zero-order valence-electron chi connectivity index (χ0n) is 15.1. The molecule has 152 valence electrons.